The SMILES string of the molecule is O=C(NCCc1cccc(Cl)c1)c1cc(-c2ccc(Cl)cc2Cl)nc2ccccc12. The molecule has 0 spiro atoms. The van der Waals surface area contributed by atoms with Crippen LogP contribution in [0.15, 0.2) is 72.8 Å². The second-order valence-corrected chi connectivity index (χ2v) is 8.11. The van der Waals surface area contributed by atoms with Crippen molar-refractivity contribution in [1.29, 1.82) is 0 Å². The highest BCUT2D eigenvalue weighted by Crippen LogP contribution is 2.31. The Labute approximate surface area is 189 Å². The van der Waals surface area contributed by atoms with Crippen molar-refractivity contribution in [1.82, 2.24) is 10.3 Å². The van der Waals surface area contributed by atoms with Gasteiger partial charge in [0.1, 0.15) is 0 Å². The van der Waals surface area contributed by atoms with Gasteiger partial charge in [-0.3, -0.25) is 4.79 Å². The van der Waals surface area contributed by atoms with Crippen LogP contribution in [-0.2, 0) is 6.42 Å². The monoisotopic (exact) mass is 454 g/mol. The van der Waals surface area contributed by atoms with Crippen molar-refractivity contribution in [2.24, 2.45) is 0 Å². The topological polar surface area (TPSA) is 42.0 Å². The smallest absolute Gasteiger partial charge is 0.252 e. The van der Waals surface area contributed by atoms with Crippen LogP contribution in [0.3, 0.4) is 0 Å². The number of benzene rings is 3. The molecule has 4 rings (SSSR count). The van der Waals surface area contributed by atoms with Crippen molar-refractivity contribution in [2.75, 3.05) is 6.54 Å². The van der Waals surface area contributed by atoms with Crippen molar-refractivity contribution in [3.8, 4) is 11.3 Å². The average Bonchev–Trinajstić information content (AvgIpc) is 2.73. The predicted octanol–water partition coefficient (Wildman–Crippen LogP) is 6.83. The number of fused-ring (bicyclic) bond motifs is 1. The maximum absolute atomic E-state index is 13.0. The number of nitrogens with one attached hydrogen (secondary N) is 1. The van der Waals surface area contributed by atoms with Gasteiger partial charge in [-0.1, -0.05) is 65.1 Å². The van der Waals surface area contributed by atoms with Gasteiger partial charge in [-0.25, -0.2) is 4.98 Å². The lowest BCUT2D eigenvalue weighted by atomic mass is 10.0. The van der Waals surface area contributed by atoms with Crippen LogP contribution < -0.4 is 5.32 Å². The molecule has 4 aromatic rings. The van der Waals surface area contributed by atoms with Crippen LogP contribution in [0.5, 0.6) is 0 Å². The van der Waals surface area contributed by atoms with Crippen LogP contribution >= 0.6 is 34.8 Å². The number of rotatable bonds is 5. The fraction of sp³-hybridized carbons (Fsp3) is 0.0833. The maximum Gasteiger partial charge on any atom is 0.252 e. The van der Waals surface area contributed by atoms with E-state index < -0.39 is 0 Å². The van der Waals surface area contributed by atoms with E-state index >= 15 is 0 Å². The first-order valence-corrected chi connectivity index (χ1v) is 10.5. The first kappa shape index (κ1) is 20.7. The molecule has 150 valence electrons. The summed E-state index contributed by atoms with van der Waals surface area (Å²) in [6.45, 7) is 0.493. The van der Waals surface area contributed by atoms with Crippen LogP contribution in [0.2, 0.25) is 15.1 Å². The van der Waals surface area contributed by atoms with Crippen molar-refractivity contribution in [3.05, 3.63) is 99.0 Å². The minimum atomic E-state index is -0.165. The van der Waals surface area contributed by atoms with Gasteiger partial charge in [-0.15, -0.1) is 0 Å². The zero-order valence-corrected chi connectivity index (χ0v) is 18.1. The van der Waals surface area contributed by atoms with Crippen molar-refractivity contribution in [3.63, 3.8) is 0 Å². The van der Waals surface area contributed by atoms with Gasteiger partial charge in [0.15, 0.2) is 0 Å². The number of carbonyl (C=O) groups excluding carboxylic acids is 1. The van der Waals surface area contributed by atoms with E-state index in [4.69, 9.17) is 39.8 Å². The third-order valence-electron chi connectivity index (χ3n) is 4.76. The molecule has 30 heavy (non-hydrogen) atoms. The molecule has 0 aliphatic carbocycles. The third-order valence-corrected chi connectivity index (χ3v) is 5.54. The molecule has 3 nitrogen and oxygen atoms in total. The number of hydrogen-bond donors (Lipinski definition) is 1. The lowest BCUT2D eigenvalue weighted by Crippen LogP contribution is -2.26. The number of pyridine rings is 1. The summed E-state index contributed by atoms with van der Waals surface area (Å²) in [4.78, 5) is 17.7. The van der Waals surface area contributed by atoms with E-state index in [1.165, 1.54) is 0 Å². The molecule has 0 radical (unpaired) electrons. The van der Waals surface area contributed by atoms with Crippen LogP contribution in [0, 0.1) is 0 Å². The second kappa shape index (κ2) is 9.05. The Hall–Kier alpha value is -2.59. The van der Waals surface area contributed by atoms with E-state index in [2.05, 4.69) is 5.32 Å². The van der Waals surface area contributed by atoms with E-state index in [0.29, 0.717) is 39.3 Å². The Balaban J connectivity index is 1.64. The molecule has 1 N–H and O–H groups in total. The first-order chi connectivity index (χ1) is 14.5. The molecule has 0 saturated heterocycles. The molecule has 3 aromatic carbocycles. The largest absolute Gasteiger partial charge is 0.352 e. The zero-order chi connectivity index (χ0) is 21.1. The zero-order valence-electron chi connectivity index (χ0n) is 15.8. The summed E-state index contributed by atoms with van der Waals surface area (Å²) in [7, 11) is 0. The van der Waals surface area contributed by atoms with Crippen molar-refractivity contribution in [2.45, 2.75) is 6.42 Å². The summed E-state index contributed by atoms with van der Waals surface area (Å²) < 4.78 is 0. The standard InChI is InChI=1S/C24H17Cl3N2O/c25-16-5-3-4-15(12-16)10-11-28-24(30)20-14-23(19-9-8-17(26)13-21(19)27)29-22-7-2-1-6-18(20)22/h1-9,12-14H,10-11H2,(H,28,30). The average molecular weight is 456 g/mol. The molecular formula is C24H17Cl3N2O. The predicted molar refractivity (Wildman–Crippen MR) is 125 cm³/mol. The normalized spacial score (nSPS) is 10.9. The summed E-state index contributed by atoms with van der Waals surface area (Å²) in [5.41, 5.74) is 3.68. The number of para-hydroxylation sites is 1. The first-order valence-electron chi connectivity index (χ1n) is 9.39. The van der Waals surface area contributed by atoms with Gasteiger partial charge in [-0.05, 0) is 54.4 Å². The number of carbonyl (C=O) groups is 1. The molecule has 0 bridgehead atoms. The Morgan fingerprint density at radius 1 is 0.867 bits per heavy atom. The van der Waals surface area contributed by atoms with E-state index in [-0.39, 0.29) is 5.91 Å². The minimum Gasteiger partial charge on any atom is -0.352 e. The number of aromatic nitrogens is 1. The fourth-order valence-corrected chi connectivity index (χ4v) is 4.02. The molecule has 1 aromatic heterocycles. The van der Waals surface area contributed by atoms with E-state index in [1.807, 2.05) is 54.6 Å². The molecule has 6 heteroatoms. The summed E-state index contributed by atoms with van der Waals surface area (Å²) in [5, 5.41) is 5.49. The quantitative estimate of drug-likeness (QED) is 0.358. The highest BCUT2D eigenvalue weighted by Gasteiger charge is 2.15. The van der Waals surface area contributed by atoms with Crippen LogP contribution in [0.25, 0.3) is 22.2 Å². The summed E-state index contributed by atoms with van der Waals surface area (Å²) in [6, 6.07) is 22.2. The van der Waals surface area contributed by atoms with Crippen molar-refractivity contribution < 1.29 is 4.79 Å². The van der Waals surface area contributed by atoms with Gasteiger partial charge < -0.3 is 5.32 Å². The molecule has 0 aliphatic rings. The molecular weight excluding hydrogens is 439 g/mol. The van der Waals surface area contributed by atoms with Crippen molar-refractivity contribution >= 4 is 51.6 Å². The van der Waals surface area contributed by atoms with Crippen LogP contribution in [-0.4, -0.2) is 17.4 Å². The van der Waals surface area contributed by atoms with E-state index in [0.717, 1.165) is 22.0 Å². The van der Waals surface area contributed by atoms with Gasteiger partial charge in [0.25, 0.3) is 5.91 Å². The number of amides is 1. The molecule has 0 unspecified atom stereocenters. The molecule has 1 heterocycles. The Morgan fingerprint density at radius 2 is 1.67 bits per heavy atom. The summed E-state index contributed by atoms with van der Waals surface area (Å²) in [6.07, 6.45) is 0.686. The van der Waals surface area contributed by atoms with Gasteiger partial charge in [0.05, 0.1) is 21.8 Å². The van der Waals surface area contributed by atoms with Gasteiger partial charge in [-0.2, -0.15) is 0 Å². The Kier molecular flexibility index (Phi) is 6.24. The maximum atomic E-state index is 13.0. The molecule has 0 saturated carbocycles. The lowest BCUT2D eigenvalue weighted by molar-refractivity contribution is 0.0956. The van der Waals surface area contributed by atoms with Gasteiger partial charge in [0.2, 0.25) is 0 Å². The van der Waals surface area contributed by atoms with Crippen LogP contribution in [0.4, 0.5) is 0 Å². The highest BCUT2D eigenvalue weighted by molar-refractivity contribution is 6.36. The minimum absolute atomic E-state index is 0.165. The Bertz CT molecular complexity index is 1240. The third kappa shape index (κ3) is 4.59. The van der Waals surface area contributed by atoms with E-state index in [1.54, 1.807) is 18.2 Å². The number of halogens is 3. The lowest BCUT2D eigenvalue weighted by Gasteiger charge is -2.12. The number of hydrogen-bond acceptors (Lipinski definition) is 2. The molecule has 0 aliphatic heterocycles. The van der Waals surface area contributed by atoms with Gasteiger partial charge in [0, 0.05) is 27.5 Å². The molecule has 0 fully saturated rings. The highest BCUT2D eigenvalue weighted by atomic mass is 35.5. The number of nitrogens with zero attached hydrogens (tertiary/aromatic N) is 1. The fourth-order valence-electron chi connectivity index (χ4n) is 3.31. The van der Waals surface area contributed by atoms with Gasteiger partial charge >= 0.3 is 0 Å². The van der Waals surface area contributed by atoms with Crippen LogP contribution in [0.1, 0.15) is 15.9 Å². The Morgan fingerprint density at radius 3 is 2.47 bits per heavy atom. The second-order valence-electron chi connectivity index (χ2n) is 6.83. The molecule has 1 amide bonds. The molecule has 0 atom stereocenters. The van der Waals surface area contributed by atoms with E-state index in [9.17, 15) is 4.79 Å². The summed E-state index contributed by atoms with van der Waals surface area (Å²) in [5.74, 6) is -0.165. The summed E-state index contributed by atoms with van der Waals surface area (Å²) >= 11 is 18.4.